The maximum atomic E-state index is 12.9. The Labute approximate surface area is 173 Å². The summed E-state index contributed by atoms with van der Waals surface area (Å²) in [5.41, 5.74) is 1.23. The maximum Gasteiger partial charge on any atom is 0.261 e. The Morgan fingerprint density at radius 2 is 1.77 bits per heavy atom. The lowest BCUT2D eigenvalue weighted by Gasteiger charge is -2.16. The van der Waals surface area contributed by atoms with Gasteiger partial charge in [0.25, 0.3) is 11.5 Å². The lowest BCUT2D eigenvalue weighted by molar-refractivity contribution is 0.102. The lowest BCUT2D eigenvalue weighted by atomic mass is 10.1. The Hall–Kier alpha value is -3.04. The van der Waals surface area contributed by atoms with E-state index < -0.39 is 10.0 Å². The zero-order chi connectivity index (χ0) is 21.3. The number of carbonyl (C=O) groups is 1. The van der Waals surface area contributed by atoms with Crippen molar-refractivity contribution in [2.45, 2.75) is 43.5 Å². The molecule has 1 aromatic heterocycles. The van der Waals surface area contributed by atoms with Crippen molar-refractivity contribution >= 4 is 32.5 Å². The van der Waals surface area contributed by atoms with Crippen LogP contribution in [0.15, 0.2) is 52.2 Å². The van der Waals surface area contributed by atoms with Gasteiger partial charge in [0, 0.05) is 24.2 Å². The van der Waals surface area contributed by atoms with Crippen LogP contribution in [-0.2, 0) is 23.0 Å². The summed E-state index contributed by atoms with van der Waals surface area (Å²) >= 11 is 0. The summed E-state index contributed by atoms with van der Waals surface area (Å²) in [6.45, 7) is 0.674. The molecule has 156 valence electrons. The van der Waals surface area contributed by atoms with Crippen molar-refractivity contribution in [2.75, 3.05) is 5.32 Å². The number of nitrogens with two attached hydrogens (primary N) is 1. The van der Waals surface area contributed by atoms with Gasteiger partial charge in [0.2, 0.25) is 10.0 Å². The van der Waals surface area contributed by atoms with Crippen molar-refractivity contribution in [3.63, 3.8) is 0 Å². The van der Waals surface area contributed by atoms with Crippen LogP contribution in [-0.4, -0.2) is 23.9 Å². The third-order valence-electron chi connectivity index (χ3n) is 5.27. The smallest absolute Gasteiger partial charge is 0.261 e. The molecule has 3 aromatic rings. The van der Waals surface area contributed by atoms with Crippen LogP contribution in [0.3, 0.4) is 0 Å². The number of amides is 1. The predicted molar refractivity (Wildman–Crippen MR) is 114 cm³/mol. The third kappa shape index (κ3) is 4.12. The number of carbonyl (C=O) groups excluding carboxylic acids is 1. The number of fused-ring (bicyclic) bond motifs is 2. The van der Waals surface area contributed by atoms with E-state index in [0.29, 0.717) is 28.7 Å². The minimum atomic E-state index is -3.79. The van der Waals surface area contributed by atoms with Crippen molar-refractivity contribution in [1.82, 2.24) is 9.55 Å². The van der Waals surface area contributed by atoms with E-state index in [4.69, 9.17) is 5.14 Å². The van der Waals surface area contributed by atoms with Gasteiger partial charge in [-0.15, -0.1) is 0 Å². The number of hydrogen-bond donors (Lipinski definition) is 2. The zero-order valence-electron chi connectivity index (χ0n) is 16.3. The summed E-state index contributed by atoms with van der Waals surface area (Å²) < 4.78 is 24.4. The summed E-state index contributed by atoms with van der Waals surface area (Å²) in [4.78, 5) is 30.2. The van der Waals surface area contributed by atoms with Gasteiger partial charge in [0.15, 0.2) is 0 Å². The largest absolute Gasteiger partial charge is 0.322 e. The highest BCUT2D eigenvalue weighted by Crippen LogP contribution is 2.18. The molecule has 30 heavy (non-hydrogen) atoms. The minimum Gasteiger partial charge on any atom is -0.322 e. The molecular weight excluding hydrogens is 404 g/mol. The molecule has 0 saturated heterocycles. The molecule has 0 unspecified atom stereocenters. The van der Waals surface area contributed by atoms with E-state index in [9.17, 15) is 18.0 Å². The first kappa shape index (κ1) is 20.2. The van der Waals surface area contributed by atoms with Gasteiger partial charge in [0.1, 0.15) is 5.82 Å². The van der Waals surface area contributed by atoms with Gasteiger partial charge >= 0.3 is 0 Å². The van der Waals surface area contributed by atoms with Gasteiger partial charge in [-0.3, -0.25) is 14.2 Å². The van der Waals surface area contributed by atoms with E-state index in [1.54, 1.807) is 22.8 Å². The number of rotatable bonds is 3. The van der Waals surface area contributed by atoms with Gasteiger partial charge in [-0.1, -0.05) is 12.8 Å². The number of nitrogens with zero attached hydrogens (tertiary/aromatic N) is 2. The number of aromatic nitrogens is 2. The Balaban J connectivity index is 1.63. The highest BCUT2D eigenvalue weighted by atomic mass is 32.2. The van der Waals surface area contributed by atoms with Gasteiger partial charge < -0.3 is 5.32 Å². The number of primary sulfonamides is 1. The molecule has 0 saturated carbocycles. The van der Waals surface area contributed by atoms with Gasteiger partial charge in [-0.2, -0.15) is 0 Å². The van der Waals surface area contributed by atoms with E-state index in [1.165, 1.54) is 24.3 Å². The molecule has 9 heteroatoms. The number of sulfonamides is 1. The topological polar surface area (TPSA) is 124 Å². The lowest BCUT2D eigenvalue weighted by Crippen LogP contribution is -2.26. The van der Waals surface area contributed by atoms with Crippen LogP contribution >= 0.6 is 0 Å². The number of aryl methyl sites for hydroxylation is 1. The van der Waals surface area contributed by atoms with Crippen LogP contribution < -0.4 is 16.0 Å². The van der Waals surface area contributed by atoms with E-state index >= 15 is 0 Å². The van der Waals surface area contributed by atoms with E-state index in [-0.39, 0.29) is 16.4 Å². The molecule has 0 radical (unpaired) electrons. The van der Waals surface area contributed by atoms with Crippen LogP contribution in [0.25, 0.3) is 10.9 Å². The van der Waals surface area contributed by atoms with Crippen LogP contribution in [0.2, 0.25) is 0 Å². The molecular formula is C21H22N4O4S. The summed E-state index contributed by atoms with van der Waals surface area (Å²) in [5.74, 6) is 0.386. The van der Waals surface area contributed by atoms with Gasteiger partial charge in [0.05, 0.1) is 15.8 Å². The van der Waals surface area contributed by atoms with Crippen molar-refractivity contribution in [3.05, 3.63) is 64.2 Å². The number of nitrogens with one attached hydrogen (secondary N) is 1. The first-order valence-corrected chi connectivity index (χ1v) is 11.4. The monoisotopic (exact) mass is 426 g/mol. The summed E-state index contributed by atoms with van der Waals surface area (Å²) in [6, 6.07) is 10.4. The zero-order valence-corrected chi connectivity index (χ0v) is 17.1. The summed E-state index contributed by atoms with van der Waals surface area (Å²) in [7, 11) is -3.79. The predicted octanol–water partition coefficient (Wildman–Crippen LogP) is 2.41. The quantitative estimate of drug-likeness (QED) is 0.665. The summed E-state index contributed by atoms with van der Waals surface area (Å²) in [6.07, 6.45) is 4.94. The molecule has 2 heterocycles. The molecule has 0 fully saturated rings. The number of benzene rings is 2. The van der Waals surface area contributed by atoms with Crippen molar-refractivity contribution in [2.24, 2.45) is 5.14 Å². The fraction of sp³-hybridized carbons (Fsp3) is 0.286. The SMILES string of the molecule is NS(=O)(=O)c1ccc(NC(=O)c2ccc3c(=O)n4c(nc3c2)CCCCCC4)cc1. The van der Waals surface area contributed by atoms with Crippen molar-refractivity contribution in [1.29, 1.82) is 0 Å². The van der Waals surface area contributed by atoms with Crippen molar-refractivity contribution in [3.8, 4) is 0 Å². The highest BCUT2D eigenvalue weighted by molar-refractivity contribution is 7.89. The molecule has 0 aliphatic carbocycles. The fourth-order valence-corrected chi connectivity index (χ4v) is 4.18. The second-order valence-electron chi connectivity index (χ2n) is 7.40. The standard InChI is InChI=1S/C21H22N4O4S/c22-30(28,29)16-9-7-15(8-10-16)23-20(26)14-6-11-17-18(13-14)24-19-5-3-1-2-4-12-25(19)21(17)27/h6-11,13H,1-5,12H2,(H,23,26)(H2,22,28,29). The second-order valence-corrected chi connectivity index (χ2v) is 8.97. The Kier molecular flexibility index (Phi) is 5.40. The Bertz CT molecular complexity index is 1280. The molecule has 0 bridgehead atoms. The third-order valence-corrected chi connectivity index (χ3v) is 6.20. The maximum absolute atomic E-state index is 12.9. The molecule has 1 amide bonds. The van der Waals surface area contributed by atoms with Crippen LogP contribution in [0, 0.1) is 0 Å². The van der Waals surface area contributed by atoms with Crippen LogP contribution in [0.1, 0.15) is 41.9 Å². The normalized spacial score (nSPS) is 14.6. The van der Waals surface area contributed by atoms with Gasteiger partial charge in [-0.25, -0.2) is 18.5 Å². The average molecular weight is 426 g/mol. The molecule has 1 aliphatic heterocycles. The highest BCUT2D eigenvalue weighted by Gasteiger charge is 2.15. The Morgan fingerprint density at radius 1 is 1.03 bits per heavy atom. The molecule has 0 atom stereocenters. The van der Waals surface area contributed by atoms with Crippen molar-refractivity contribution < 1.29 is 13.2 Å². The molecule has 1 aliphatic rings. The first-order valence-electron chi connectivity index (χ1n) is 9.81. The van der Waals surface area contributed by atoms with Crippen LogP contribution in [0.5, 0.6) is 0 Å². The molecule has 2 aromatic carbocycles. The number of anilines is 1. The molecule has 8 nitrogen and oxygen atoms in total. The average Bonchev–Trinajstić information content (AvgIpc) is 2.69. The molecule has 0 spiro atoms. The van der Waals surface area contributed by atoms with E-state index in [0.717, 1.165) is 37.9 Å². The fourth-order valence-electron chi connectivity index (χ4n) is 3.67. The van der Waals surface area contributed by atoms with E-state index in [1.807, 2.05) is 0 Å². The second kappa shape index (κ2) is 8.00. The van der Waals surface area contributed by atoms with Crippen LogP contribution in [0.4, 0.5) is 5.69 Å². The number of hydrogen-bond acceptors (Lipinski definition) is 5. The van der Waals surface area contributed by atoms with Gasteiger partial charge in [-0.05, 0) is 55.3 Å². The Morgan fingerprint density at radius 3 is 2.50 bits per heavy atom. The molecule has 4 rings (SSSR count). The van der Waals surface area contributed by atoms with E-state index in [2.05, 4.69) is 10.3 Å². The summed E-state index contributed by atoms with van der Waals surface area (Å²) in [5, 5.41) is 8.29. The first-order chi connectivity index (χ1) is 14.3. The minimum absolute atomic E-state index is 0.0348. The molecule has 3 N–H and O–H groups in total.